The third kappa shape index (κ3) is 4.81. The van der Waals surface area contributed by atoms with E-state index in [0.29, 0.717) is 11.7 Å². The SMILES string of the molecule is COc1cnc(NCCCNCc2cccnc2)nc1. The Kier molecular flexibility index (Phi) is 5.72. The minimum Gasteiger partial charge on any atom is -0.494 e. The van der Waals surface area contributed by atoms with E-state index in [0.717, 1.165) is 26.1 Å². The molecule has 6 nitrogen and oxygen atoms in total. The van der Waals surface area contributed by atoms with Gasteiger partial charge in [-0.25, -0.2) is 9.97 Å². The first-order chi connectivity index (χ1) is 9.88. The molecule has 2 heterocycles. The lowest BCUT2D eigenvalue weighted by Crippen LogP contribution is -2.18. The van der Waals surface area contributed by atoms with Crippen molar-refractivity contribution in [1.29, 1.82) is 0 Å². The van der Waals surface area contributed by atoms with Crippen LogP contribution in [0.1, 0.15) is 12.0 Å². The average Bonchev–Trinajstić information content (AvgIpc) is 2.52. The molecular weight excluding hydrogens is 254 g/mol. The van der Waals surface area contributed by atoms with Gasteiger partial charge in [-0.15, -0.1) is 0 Å². The third-order valence-electron chi connectivity index (χ3n) is 2.73. The van der Waals surface area contributed by atoms with Crippen molar-refractivity contribution in [3.05, 3.63) is 42.5 Å². The zero-order chi connectivity index (χ0) is 14.0. The lowest BCUT2D eigenvalue weighted by Gasteiger charge is -2.06. The van der Waals surface area contributed by atoms with Crippen molar-refractivity contribution in [2.24, 2.45) is 0 Å². The van der Waals surface area contributed by atoms with Crippen molar-refractivity contribution in [1.82, 2.24) is 20.3 Å². The number of nitrogens with zero attached hydrogens (tertiary/aromatic N) is 3. The Hall–Kier alpha value is -2.21. The van der Waals surface area contributed by atoms with E-state index in [1.54, 1.807) is 25.7 Å². The quantitative estimate of drug-likeness (QED) is 0.710. The molecule has 0 aromatic carbocycles. The number of ether oxygens (including phenoxy) is 1. The molecule has 0 aliphatic rings. The molecule has 0 amide bonds. The van der Waals surface area contributed by atoms with Gasteiger partial charge in [0.05, 0.1) is 19.5 Å². The summed E-state index contributed by atoms with van der Waals surface area (Å²) in [6.07, 6.45) is 7.94. The molecule has 0 saturated carbocycles. The number of pyridine rings is 1. The molecule has 0 saturated heterocycles. The van der Waals surface area contributed by atoms with Crippen LogP contribution < -0.4 is 15.4 Å². The van der Waals surface area contributed by atoms with Gasteiger partial charge in [-0.3, -0.25) is 4.98 Å². The van der Waals surface area contributed by atoms with Crippen LogP contribution in [-0.4, -0.2) is 35.2 Å². The van der Waals surface area contributed by atoms with Crippen LogP contribution in [0.3, 0.4) is 0 Å². The Morgan fingerprint density at radius 2 is 2.00 bits per heavy atom. The van der Waals surface area contributed by atoms with Crippen molar-refractivity contribution in [3.8, 4) is 5.75 Å². The summed E-state index contributed by atoms with van der Waals surface area (Å²) in [5, 5.41) is 6.53. The second kappa shape index (κ2) is 8.06. The third-order valence-corrected chi connectivity index (χ3v) is 2.73. The molecular formula is C14H19N5O. The van der Waals surface area contributed by atoms with Crippen LogP contribution in [0.25, 0.3) is 0 Å². The molecule has 0 unspecified atom stereocenters. The highest BCUT2D eigenvalue weighted by atomic mass is 16.5. The average molecular weight is 273 g/mol. The molecule has 2 N–H and O–H groups in total. The van der Waals surface area contributed by atoms with Crippen molar-refractivity contribution in [2.45, 2.75) is 13.0 Å². The molecule has 0 radical (unpaired) electrons. The normalized spacial score (nSPS) is 10.2. The minimum atomic E-state index is 0.623. The van der Waals surface area contributed by atoms with Gasteiger partial charge in [-0.2, -0.15) is 0 Å². The van der Waals surface area contributed by atoms with Gasteiger partial charge in [0.15, 0.2) is 5.75 Å². The summed E-state index contributed by atoms with van der Waals surface area (Å²) in [7, 11) is 1.60. The lowest BCUT2D eigenvalue weighted by atomic mass is 10.3. The van der Waals surface area contributed by atoms with Gasteiger partial charge in [0.1, 0.15) is 0 Å². The van der Waals surface area contributed by atoms with Crippen LogP contribution >= 0.6 is 0 Å². The number of nitrogens with one attached hydrogen (secondary N) is 2. The first-order valence-corrected chi connectivity index (χ1v) is 6.58. The number of methoxy groups -OCH3 is 1. The predicted molar refractivity (Wildman–Crippen MR) is 77.6 cm³/mol. The highest BCUT2D eigenvalue weighted by Gasteiger charge is 1.96. The van der Waals surface area contributed by atoms with Gasteiger partial charge in [0, 0.05) is 25.5 Å². The molecule has 6 heteroatoms. The first kappa shape index (κ1) is 14.2. The van der Waals surface area contributed by atoms with Crippen LogP contribution in [0.2, 0.25) is 0 Å². The second-order valence-electron chi connectivity index (χ2n) is 4.26. The molecule has 2 aromatic rings. The number of aromatic nitrogens is 3. The molecule has 0 atom stereocenters. The fourth-order valence-corrected chi connectivity index (χ4v) is 1.66. The van der Waals surface area contributed by atoms with Gasteiger partial charge in [0.25, 0.3) is 0 Å². The van der Waals surface area contributed by atoms with E-state index in [1.165, 1.54) is 5.56 Å². The van der Waals surface area contributed by atoms with E-state index < -0.39 is 0 Å². The van der Waals surface area contributed by atoms with Crippen LogP contribution in [0.15, 0.2) is 36.9 Å². The summed E-state index contributed by atoms with van der Waals surface area (Å²) in [5.41, 5.74) is 1.19. The Bertz CT molecular complexity index is 489. The number of anilines is 1. The topological polar surface area (TPSA) is 72.0 Å². The van der Waals surface area contributed by atoms with E-state index in [-0.39, 0.29) is 0 Å². The van der Waals surface area contributed by atoms with E-state index in [9.17, 15) is 0 Å². The molecule has 0 aliphatic carbocycles. The van der Waals surface area contributed by atoms with E-state index >= 15 is 0 Å². The first-order valence-electron chi connectivity index (χ1n) is 6.58. The Labute approximate surface area is 118 Å². The van der Waals surface area contributed by atoms with Gasteiger partial charge >= 0.3 is 0 Å². The second-order valence-corrected chi connectivity index (χ2v) is 4.26. The zero-order valence-electron chi connectivity index (χ0n) is 11.5. The number of hydrogen-bond donors (Lipinski definition) is 2. The van der Waals surface area contributed by atoms with Crippen molar-refractivity contribution in [2.75, 3.05) is 25.5 Å². The van der Waals surface area contributed by atoms with E-state index in [1.807, 2.05) is 12.3 Å². The smallest absolute Gasteiger partial charge is 0.222 e. The number of hydrogen-bond acceptors (Lipinski definition) is 6. The molecule has 0 aliphatic heterocycles. The Balaban J connectivity index is 1.57. The van der Waals surface area contributed by atoms with Gasteiger partial charge in [0.2, 0.25) is 5.95 Å². The van der Waals surface area contributed by atoms with Crippen LogP contribution in [0.4, 0.5) is 5.95 Å². The van der Waals surface area contributed by atoms with Crippen LogP contribution in [0, 0.1) is 0 Å². The summed E-state index contributed by atoms with van der Waals surface area (Å²) in [4.78, 5) is 12.4. The maximum absolute atomic E-state index is 5.00. The fraction of sp³-hybridized carbons (Fsp3) is 0.357. The van der Waals surface area contributed by atoms with E-state index in [4.69, 9.17) is 4.74 Å². The molecule has 2 aromatic heterocycles. The number of rotatable bonds is 8. The largest absolute Gasteiger partial charge is 0.494 e. The summed E-state index contributed by atoms with van der Waals surface area (Å²) >= 11 is 0. The van der Waals surface area contributed by atoms with Crippen LogP contribution in [0.5, 0.6) is 5.75 Å². The molecule has 0 fully saturated rings. The highest BCUT2D eigenvalue weighted by Crippen LogP contribution is 2.06. The lowest BCUT2D eigenvalue weighted by molar-refractivity contribution is 0.411. The van der Waals surface area contributed by atoms with E-state index in [2.05, 4.69) is 31.7 Å². The van der Waals surface area contributed by atoms with Crippen molar-refractivity contribution < 1.29 is 4.74 Å². The predicted octanol–water partition coefficient (Wildman–Crippen LogP) is 1.47. The summed E-state index contributed by atoms with van der Waals surface area (Å²) < 4.78 is 5.00. The summed E-state index contributed by atoms with van der Waals surface area (Å²) in [5.74, 6) is 1.28. The van der Waals surface area contributed by atoms with Gasteiger partial charge in [-0.05, 0) is 24.6 Å². The van der Waals surface area contributed by atoms with Crippen molar-refractivity contribution >= 4 is 5.95 Å². The minimum absolute atomic E-state index is 0.623. The molecule has 0 spiro atoms. The molecule has 2 rings (SSSR count). The molecule has 0 bridgehead atoms. The monoisotopic (exact) mass is 273 g/mol. The van der Waals surface area contributed by atoms with Crippen molar-refractivity contribution in [3.63, 3.8) is 0 Å². The maximum Gasteiger partial charge on any atom is 0.222 e. The van der Waals surface area contributed by atoms with Gasteiger partial charge < -0.3 is 15.4 Å². The fourth-order valence-electron chi connectivity index (χ4n) is 1.66. The molecule has 20 heavy (non-hydrogen) atoms. The highest BCUT2D eigenvalue weighted by molar-refractivity contribution is 5.26. The summed E-state index contributed by atoms with van der Waals surface area (Å²) in [6.45, 7) is 2.59. The Morgan fingerprint density at radius 3 is 2.70 bits per heavy atom. The van der Waals surface area contributed by atoms with Gasteiger partial charge in [-0.1, -0.05) is 6.07 Å². The standard InChI is InChI=1S/C14H19N5O/c1-20-13-10-18-14(19-11-13)17-7-3-6-16-9-12-4-2-5-15-8-12/h2,4-5,8,10-11,16H,3,6-7,9H2,1H3,(H,17,18,19). The maximum atomic E-state index is 5.00. The molecule has 106 valence electrons. The zero-order valence-corrected chi connectivity index (χ0v) is 11.5. The van der Waals surface area contributed by atoms with Crippen LogP contribution in [-0.2, 0) is 6.54 Å². The Morgan fingerprint density at radius 1 is 1.15 bits per heavy atom. The summed E-state index contributed by atoms with van der Waals surface area (Å²) in [6, 6.07) is 4.00.